The Bertz CT molecular complexity index is 5000. The Morgan fingerprint density at radius 2 is 1.02 bits per heavy atom. The number of amides is 9. The number of hydrogen-bond acceptors (Lipinski definition) is 23. The number of aryl methyl sites for hydroxylation is 7. The van der Waals surface area contributed by atoms with Gasteiger partial charge in [-0.3, -0.25) is 52.9 Å². The van der Waals surface area contributed by atoms with Crippen molar-refractivity contribution in [3.8, 4) is 11.5 Å². The number of imidazole rings is 4. The summed E-state index contributed by atoms with van der Waals surface area (Å²) in [4.78, 5) is 155. The molecule has 0 spiro atoms. The standard InChI is InChI=1S/C81H110N24O15/c1-54-45-61(96-103(9)81(54)115)72-91-62-49-88-60(48-63(62)105(72)55(2)56-15-11-10-12-16-56)57-20-31-104(32-21-57)34-36-117-38-40-119-42-44-120-43-41-118-39-37-116-35-22-69(107)83-24-14-30-97(3)29-13-23-82-68(106)17-25-87-78(112)74-94-66(52-101(74)7)92-70(108)18-26-86-77(111)65-47-59(51-100(65)6)90-80(114)75-95-67(53-102(75)8)93-71(109)19-27-85-76(110)64-46-58(50-99(64)5)89-79(113)73-84-28-33-98(73)4/h10-12,15-16,28,33,45-53,55,57H,13-14,17-27,29-32,34-44H2,1-9H3,(H,82,106)(H,83,107)(H,85,110)(H,86,111)(H,87,112)(H,89,113)(H,90,114)(H,92,108)(H,93,109). The first-order chi connectivity index (χ1) is 57.8. The van der Waals surface area contributed by atoms with Crippen LogP contribution < -0.4 is 53.4 Å². The maximum absolute atomic E-state index is 13.3. The summed E-state index contributed by atoms with van der Waals surface area (Å²) in [7, 11) is 11.7. The molecule has 1 aromatic carbocycles. The number of carbonyl (C=O) groups is 9. The monoisotopic (exact) mass is 1660 g/mol. The van der Waals surface area contributed by atoms with Gasteiger partial charge in [-0.05, 0) is 103 Å². The van der Waals surface area contributed by atoms with Gasteiger partial charge in [0.2, 0.25) is 35.3 Å². The van der Waals surface area contributed by atoms with Crippen LogP contribution in [-0.2, 0) is 85.1 Å². The van der Waals surface area contributed by atoms with E-state index >= 15 is 0 Å². The number of fused-ring (bicyclic) bond motifs is 1. The highest BCUT2D eigenvalue weighted by Gasteiger charge is 2.28. The maximum Gasteiger partial charge on any atom is 0.291 e. The maximum atomic E-state index is 13.3. The molecular formula is C81H110N24O15. The Hall–Kier alpha value is -12.1. The SMILES string of the molecule is Cc1cc(-c2nc3cnc(C4CCN(CCOCCOCCOCCOCCOCCC(=O)NCCCN(C)CCCNC(=O)CCNC(=O)c5nc(NC(=O)CCNC(=O)c6cc(NC(=O)c7nc(NC(=O)CCNC(=O)c8cc(NC(=O)c9nccn9C)cn8C)cn7C)cn6C)cn5C)CC4)cc3n2C(C)c2ccccc2)nn(C)c1=O. The average molecular weight is 1660 g/mol. The normalized spacial score (nSPS) is 12.7. The summed E-state index contributed by atoms with van der Waals surface area (Å²) in [5, 5.41) is 29.1. The number of benzene rings is 1. The molecule has 0 saturated carbocycles. The molecule has 9 amide bonds. The van der Waals surface area contributed by atoms with Crippen molar-refractivity contribution >= 4 is 87.2 Å². The first kappa shape index (κ1) is 90.2. The molecule has 0 radical (unpaired) electrons. The molecule has 9 N–H and O–H groups in total. The topological polar surface area (TPSA) is 443 Å². The van der Waals surface area contributed by atoms with E-state index in [1.807, 2.05) is 37.5 Å². The van der Waals surface area contributed by atoms with Gasteiger partial charge in [0.25, 0.3) is 35.1 Å². The van der Waals surface area contributed by atoms with Crippen LogP contribution in [0, 0.1) is 6.92 Å². The fraction of sp³-hybridized carbons (Fsp3) is 0.481. The van der Waals surface area contributed by atoms with Crippen LogP contribution in [0.5, 0.6) is 0 Å². The minimum absolute atomic E-state index is 0.000668. The number of likely N-dealkylation sites (tertiary alicyclic amines) is 1. The number of rotatable bonds is 48. The third kappa shape index (κ3) is 26.7. The second-order valence-electron chi connectivity index (χ2n) is 29.2. The summed E-state index contributed by atoms with van der Waals surface area (Å²) in [5.74, 6) is -2.60. The summed E-state index contributed by atoms with van der Waals surface area (Å²) in [6.45, 7) is 13.5. The van der Waals surface area contributed by atoms with Crippen molar-refractivity contribution in [2.45, 2.75) is 77.2 Å². The van der Waals surface area contributed by atoms with Crippen molar-refractivity contribution in [3.05, 3.63) is 154 Å². The van der Waals surface area contributed by atoms with E-state index in [4.69, 9.17) is 33.7 Å². The van der Waals surface area contributed by atoms with E-state index in [1.54, 1.807) is 66.2 Å². The first-order valence-corrected chi connectivity index (χ1v) is 40.1. The lowest BCUT2D eigenvalue weighted by molar-refractivity contribution is -0.122. The third-order valence-corrected chi connectivity index (χ3v) is 20.0. The highest BCUT2D eigenvalue weighted by molar-refractivity contribution is 6.05. The highest BCUT2D eigenvalue weighted by atomic mass is 16.6. The lowest BCUT2D eigenvalue weighted by Gasteiger charge is -2.31. The fourth-order valence-corrected chi connectivity index (χ4v) is 13.5. The van der Waals surface area contributed by atoms with Crippen LogP contribution in [0.2, 0.25) is 0 Å². The Morgan fingerprint density at radius 1 is 0.517 bits per heavy atom. The van der Waals surface area contributed by atoms with Gasteiger partial charge in [0, 0.05) is 162 Å². The number of carbonyl (C=O) groups excluding carboxylic acids is 9. The molecule has 0 aliphatic carbocycles. The van der Waals surface area contributed by atoms with Crippen LogP contribution >= 0.6 is 0 Å². The molecule has 9 aromatic rings. The molecule has 0 bridgehead atoms. The molecule has 1 aliphatic heterocycles. The van der Waals surface area contributed by atoms with Gasteiger partial charge in [0.1, 0.15) is 22.6 Å². The molecular weight excluding hydrogens is 1550 g/mol. The van der Waals surface area contributed by atoms with E-state index in [0.717, 1.165) is 74.3 Å². The number of hydrogen-bond donors (Lipinski definition) is 9. The van der Waals surface area contributed by atoms with Crippen molar-refractivity contribution in [1.29, 1.82) is 0 Å². The van der Waals surface area contributed by atoms with Gasteiger partial charge < -0.3 is 109 Å². The van der Waals surface area contributed by atoms with Crippen LogP contribution in [0.15, 0.2) is 103 Å². The zero-order valence-corrected chi connectivity index (χ0v) is 69.5. The van der Waals surface area contributed by atoms with Gasteiger partial charge in [0.15, 0.2) is 23.3 Å². The molecule has 644 valence electrons. The minimum Gasteiger partial charge on any atom is -0.379 e. The highest BCUT2D eigenvalue weighted by Crippen LogP contribution is 2.34. The summed E-state index contributed by atoms with van der Waals surface area (Å²) in [6, 6.07) is 17.2. The largest absolute Gasteiger partial charge is 0.379 e. The first-order valence-electron chi connectivity index (χ1n) is 40.1. The summed E-state index contributed by atoms with van der Waals surface area (Å²) < 4.78 is 39.4. The molecule has 1 aliphatic rings. The summed E-state index contributed by atoms with van der Waals surface area (Å²) >= 11 is 0. The van der Waals surface area contributed by atoms with Crippen LogP contribution in [-0.4, -0.2) is 264 Å². The van der Waals surface area contributed by atoms with E-state index in [2.05, 4.69) is 107 Å². The average Bonchev–Trinajstić information content (AvgIpc) is 1.60. The number of ether oxygens (including phenoxy) is 5. The van der Waals surface area contributed by atoms with Crippen molar-refractivity contribution in [1.82, 2.24) is 98.5 Å². The lowest BCUT2D eigenvalue weighted by Crippen LogP contribution is -2.35. The number of pyridine rings is 1. The smallest absolute Gasteiger partial charge is 0.291 e. The predicted octanol–water partition coefficient (Wildman–Crippen LogP) is 3.43. The molecule has 1 unspecified atom stereocenters. The molecule has 8 aromatic heterocycles. The van der Waals surface area contributed by atoms with Gasteiger partial charge in [-0.15, -0.1) is 0 Å². The van der Waals surface area contributed by atoms with Crippen LogP contribution in [0.1, 0.15) is 140 Å². The van der Waals surface area contributed by atoms with E-state index in [9.17, 15) is 47.9 Å². The van der Waals surface area contributed by atoms with Crippen LogP contribution in [0.4, 0.5) is 23.0 Å². The number of nitrogens with zero attached hydrogens (tertiary/aromatic N) is 15. The number of nitrogens with one attached hydrogen (secondary N) is 9. The van der Waals surface area contributed by atoms with Gasteiger partial charge in [0.05, 0.1) is 95.2 Å². The Morgan fingerprint density at radius 3 is 1.55 bits per heavy atom. The van der Waals surface area contributed by atoms with E-state index in [0.29, 0.717) is 108 Å². The lowest BCUT2D eigenvalue weighted by atomic mass is 9.93. The second kappa shape index (κ2) is 45.1. The van der Waals surface area contributed by atoms with Gasteiger partial charge in [-0.1, -0.05) is 30.3 Å². The molecule has 10 rings (SSSR count). The molecule has 1 atom stereocenters. The van der Waals surface area contributed by atoms with Crippen molar-refractivity contribution in [2.24, 2.45) is 42.3 Å². The Kier molecular flexibility index (Phi) is 33.9. The van der Waals surface area contributed by atoms with Crippen LogP contribution in [0.3, 0.4) is 0 Å². The fourth-order valence-electron chi connectivity index (χ4n) is 13.5. The quantitative estimate of drug-likeness (QED) is 0.0247. The molecule has 1 saturated heterocycles. The number of piperidine rings is 1. The summed E-state index contributed by atoms with van der Waals surface area (Å²) in [5.41, 5.74) is 6.16. The molecule has 120 heavy (non-hydrogen) atoms. The number of aromatic nitrogens is 13. The van der Waals surface area contributed by atoms with Gasteiger partial charge in [-0.25, -0.2) is 24.6 Å². The van der Waals surface area contributed by atoms with Gasteiger partial charge >= 0.3 is 0 Å². The predicted molar refractivity (Wildman–Crippen MR) is 445 cm³/mol. The molecule has 39 heteroatoms. The molecule has 1 fully saturated rings. The second-order valence-corrected chi connectivity index (χ2v) is 29.2. The summed E-state index contributed by atoms with van der Waals surface area (Å²) in [6.07, 6.45) is 14.4. The minimum atomic E-state index is -0.638. The van der Waals surface area contributed by atoms with Crippen molar-refractivity contribution < 1.29 is 66.8 Å². The van der Waals surface area contributed by atoms with Gasteiger partial charge in [-0.2, -0.15) is 5.10 Å². The molecule has 9 heterocycles. The molecule has 39 nitrogen and oxygen atoms in total. The Labute approximate surface area is 694 Å². The van der Waals surface area contributed by atoms with E-state index < -0.39 is 41.4 Å². The van der Waals surface area contributed by atoms with E-state index in [-0.39, 0.29) is 122 Å². The van der Waals surface area contributed by atoms with Crippen molar-refractivity contribution in [3.63, 3.8) is 0 Å². The van der Waals surface area contributed by atoms with Crippen molar-refractivity contribution in [2.75, 3.05) is 160 Å². The zero-order valence-electron chi connectivity index (χ0n) is 69.5. The van der Waals surface area contributed by atoms with E-state index in [1.165, 1.54) is 59.9 Å². The Balaban J connectivity index is 0.480. The number of anilines is 4. The van der Waals surface area contributed by atoms with Crippen LogP contribution in [0.25, 0.3) is 22.6 Å². The third-order valence-electron chi connectivity index (χ3n) is 20.0. The zero-order chi connectivity index (χ0) is 85.6.